The highest BCUT2D eigenvalue weighted by molar-refractivity contribution is 5.85. The van der Waals surface area contributed by atoms with Gasteiger partial charge in [0, 0.05) is 30.3 Å². The molecule has 1 aliphatic carbocycles. The molecule has 28 heavy (non-hydrogen) atoms. The van der Waals surface area contributed by atoms with Crippen LogP contribution < -0.4 is 5.32 Å². The average molecular weight is 388 g/mol. The van der Waals surface area contributed by atoms with Gasteiger partial charge in [-0.2, -0.15) is 5.10 Å². The average Bonchev–Trinajstić information content (AvgIpc) is 3.09. The maximum Gasteiger partial charge on any atom is 0.240 e. The van der Waals surface area contributed by atoms with Crippen molar-refractivity contribution in [2.45, 2.75) is 44.6 Å². The van der Waals surface area contributed by atoms with E-state index in [4.69, 9.17) is 0 Å². The number of hydrogen-bond donors (Lipinski definition) is 1. The first kappa shape index (κ1) is 18.6. The van der Waals surface area contributed by atoms with Crippen molar-refractivity contribution in [3.05, 3.63) is 47.3 Å². The molecule has 2 aliphatic rings. The zero-order chi connectivity index (χ0) is 19.7. The van der Waals surface area contributed by atoms with Crippen LogP contribution in [0.3, 0.4) is 0 Å². The monoisotopic (exact) mass is 388 g/mol. The van der Waals surface area contributed by atoms with Crippen LogP contribution in [0.5, 0.6) is 0 Å². The van der Waals surface area contributed by atoms with Gasteiger partial charge >= 0.3 is 0 Å². The van der Waals surface area contributed by atoms with E-state index in [1.54, 1.807) is 11.1 Å². The van der Waals surface area contributed by atoms with Gasteiger partial charge in [0.25, 0.3) is 0 Å². The number of piperidine rings is 1. The van der Waals surface area contributed by atoms with Gasteiger partial charge in [-0.15, -0.1) is 0 Å². The zero-order valence-corrected chi connectivity index (χ0v) is 15.5. The Morgan fingerprint density at radius 3 is 2.86 bits per heavy atom. The van der Waals surface area contributed by atoms with Crippen molar-refractivity contribution in [3.8, 4) is 5.69 Å². The van der Waals surface area contributed by atoms with Crippen LogP contribution in [0.25, 0.3) is 5.69 Å². The number of fused-ring (bicyclic) bond motifs is 1. The fourth-order valence-electron chi connectivity index (χ4n) is 4.01. The number of nitrogens with one attached hydrogen (secondary N) is 1. The lowest BCUT2D eigenvalue weighted by atomic mass is 9.93. The highest BCUT2D eigenvalue weighted by Crippen LogP contribution is 2.31. The molecule has 2 aromatic rings. The lowest BCUT2D eigenvalue weighted by Gasteiger charge is -2.28. The van der Waals surface area contributed by atoms with Gasteiger partial charge in [0.15, 0.2) is 5.82 Å². The van der Waals surface area contributed by atoms with E-state index in [-0.39, 0.29) is 30.1 Å². The number of carbonyl (C=O) groups excluding carboxylic acids is 2. The van der Waals surface area contributed by atoms with Crippen molar-refractivity contribution < 1.29 is 18.4 Å². The molecule has 1 aliphatic heterocycles. The van der Waals surface area contributed by atoms with Gasteiger partial charge in [0.1, 0.15) is 11.5 Å². The zero-order valence-electron chi connectivity index (χ0n) is 15.5. The van der Waals surface area contributed by atoms with Gasteiger partial charge in [0.05, 0.1) is 18.8 Å². The second-order valence-electron chi connectivity index (χ2n) is 7.34. The van der Waals surface area contributed by atoms with Crippen LogP contribution in [0.15, 0.2) is 24.4 Å². The van der Waals surface area contributed by atoms with Gasteiger partial charge < -0.3 is 10.2 Å². The summed E-state index contributed by atoms with van der Waals surface area (Å²) in [4.78, 5) is 26.0. The number of amides is 2. The highest BCUT2D eigenvalue weighted by atomic mass is 19.1. The molecule has 148 valence electrons. The number of halogens is 2. The normalized spacial score (nSPS) is 19.4. The van der Waals surface area contributed by atoms with Crippen LogP contribution in [0, 0.1) is 11.6 Å². The Morgan fingerprint density at radius 1 is 1.21 bits per heavy atom. The molecule has 1 atom stereocenters. The summed E-state index contributed by atoms with van der Waals surface area (Å²) in [7, 11) is 0. The van der Waals surface area contributed by atoms with E-state index in [1.807, 2.05) is 0 Å². The quantitative estimate of drug-likeness (QED) is 0.876. The Kier molecular flexibility index (Phi) is 5.11. The molecule has 1 N–H and O–H groups in total. The maximum absolute atomic E-state index is 14.2. The van der Waals surface area contributed by atoms with E-state index in [1.165, 1.54) is 16.8 Å². The molecule has 1 fully saturated rings. The molecule has 2 amide bonds. The Labute approximate surface area is 161 Å². The third-order valence-electron chi connectivity index (χ3n) is 5.41. The van der Waals surface area contributed by atoms with E-state index >= 15 is 0 Å². The summed E-state index contributed by atoms with van der Waals surface area (Å²) in [6, 6.07) is 3.17. The molecule has 1 saturated heterocycles. The second kappa shape index (κ2) is 7.69. The fourth-order valence-corrected chi connectivity index (χ4v) is 4.01. The van der Waals surface area contributed by atoms with Gasteiger partial charge in [-0.1, -0.05) is 0 Å². The molecule has 4 rings (SSSR count). The van der Waals surface area contributed by atoms with E-state index in [9.17, 15) is 18.4 Å². The van der Waals surface area contributed by atoms with Crippen molar-refractivity contribution in [3.63, 3.8) is 0 Å². The summed E-state index contributed by atoms with van der Waals surface area (Å²) in [6.45, 7) is 0.676. The number of hydrogen-bond acceptors (Lipinski definition) is 3. The summed E-state index contributed by atoms with van der Waals surface area (Å²) >= 11 is 0. The van der Waals surface area contributed by atoms with Crippen molar-refractivity contribution in [1.82, 2.24) is 20.0 Å². The summed E-state index contributed by atoms with van der Waals surface area (Å²) in [5.74, 6) is -1.50. The maximum atomic E-state index is 14.2. The van der Waals surface area contributed by atoms with Gasteiger partial charge in [0.2, 0.25) is 11.8 Å². The molecule has 0 bridgehead atoms. The van der Waals surface area contributed by atoms with E-state index in [0.29, 0.717) is 19.4 Å². The first-order valence-electron chi connectivity index (χ1n) is 9.62. The topological polar surface area (TPSA) is 67.2 Å². The minimum absolute atomic E-state index is 0.0188. The molecule has 2 heterocycles. The molecule has 1 aromatic heterocycles. The van der Waals surface area contributed by atoms with E-state index in [0.717, 1.165) is 43.0 Å². The predicted octanol–water partition coefficient (Wildman–Crippen LogP) is 2.66. The number of rotatable bonds is 4. The van der Waals surface area contributed by atoms with Gasteiger partial charge in [-0.25, -0.2) is 13.5 Å². The molecule has 0 saturated carbocycles. The number of carbonyl (C=O) groups is 2. The van der Waals surface area contributed by atoms with Crippen LogP contribution in [-0.2, 0) is 16.0 Å². The second-order valence-corrected chi connectivity index (χ2v) is 7.34. The smallest absolute Gasteiger partial charge is 0.240 e. The summed E-state index contributed by atoms with van der Waals surface area (Å²) in [5.41, 5.74) is 1.85. The van der Waals surface area contributed by atoms with Gasteiger partial charge in [-0.3, -0.25) is 9.59 Å². The fraction of sp³-hybridized carbons (Fsp3) is 0.450. The van der Waals surface area contributed by atoms with Crippen LogP contribution in [0.1, 0.15) is 49.4 Å². The van der Waals surface area contributed by atoms with Gasteiger partial charge in [-0.05, 0) is 44.2 Å². The van der Waals surface area contributed by atoms with Crippen LogP contribution >= 0.6 is 0 Å². The Bertz CT molecular complexity index is 912. The molecular weight excluding hydrogens is 366 g/mol. The van der Waals surface area contributed by atoms with E-state index < -0.39 is 11.6 Å². The Hall–Kier alpha value is -2.77. The molecule has 8 heteroatoms. The third kappa shape index (κ3) is 3.63. The van der Waals surface area contributed by atoms with Crippen molar-refractivity contribution in [2.24, 2.45) is 0 Å². The van der Waals surface area contributed by atoms with Crippen molar-refractivity contribution in [1.29, 1.82) is 0 Å². The molecule has 1 unspecified atom stereocenters. The number of nitrogens with zero attached hydrogens (tertiary/aromatic N) is 3. The predicted molar refractivity (Wildman–Crippen MR) is 97.7 cm³/mol. The third-order valence-corrected chi connectivity index (χ3v) is 5.41. The minimum atomic E-state index is -0.680. The molecule has 0 radical (unpaired) electrons. The minimum Gasteiger partial charge on any atom is -0.348 e. The van der Waals surface area contributed by atoms with Crippen LogP contribution in [0.4, 0.5) is 8.78 Å². The lowest BCUT2D eigenvalue weighted by Crippen LogP contribution is -2.44. The lowest BCUT2D eigenvalue weighted by molar-refractivity contribution is -0.138. The number of aromatic nitrogens is 2. The summed E-state index contributed by atoms with van der Waals surface area (Å²) < 4.78 is 28.9. The number of benzene rings is 1. The largest absolute Gasteiger partial charge is 0.348 e. The highest BCUT2D eigenvalue weighted by Gasteiger charge is 2.28. The SMILES string of the molecule is O=C(CN1CCCCC1=O)NC1CCCc2c1cnn2-c1ccc(F)cc1F. The Balaban J connectivity index is 1.51. The Morgan fingerprint density at radius 2 is 2.07 bits per heavy atom. The first-order chi connectivity index (χ1) is 13.5. The van der Waals surface area contributed by atoms with Crippen molar-refractivity contribution >= 4 is 11.8 Å². The van der Waals surface area contributed by atoms with Crippen LogP contribution in [0.2, 0.25) is 0 Å². The number of likely N-dealkylation sites (tertiary alicyclic amines) is 1. The van der Waals surface area contributed by atoms with E-state index in [2.05, 4.69) is 10.4 Å². The standard InChI is InChI=1S/C20H22F2N4O2/c21-13-7-8-18(15(22)10-13)26-17-5-3-4-16(14(17)11-23-26)24-19(27)12-25-9-2-1-6-20(25)28/h7-8,10-11,16H,1-6,9,12H2,(H,24,27). The van der Waals surface area contributed by atoms with Crippen LogP contribution in [-0.4, -0.2) is 39.6 Å². The summed E-state index contributed by atoms with van der Waals surface area (Å²) in [6.07, 6.45) is 6.19. The molecule has 0 spiro atoms. The first-order valence-corrected chi connectivity index (χ1v) is 9.62. The molecule has 1 aromatic carbocycles. The molecule has 6 nitrogen and oxygen atoms in total. The molecular formula is C20H22F2N4O2. The van der Waals surface area contributed by atoms with Crippen molar-refractivity contribution in [2.75, 3.05) is 13.1 Å². The summed E-state index contributed by atoms with van der Waals surface area (Å²) in [5, 5.41) is 7.27.